The standard InChI is InChI=1S/C26H27NO3S2/c1-3-30-26(29)22-20-15-14-17(2)16-21(20)32-25(22)27-24(28)23(18-10-6-4-7-11-18)31-19-12-8-5-9-13-19/h4-13,17,23H,3,14-16H2,1-2H3,(H,27,28)/t17-,23+/m1/s1. The lowest BCUT2D eigenvalue weighted by Crippen LogP contribution is -2.20. The minimum Gasteiger partial charge on any atom is -0.462 e. The Morgan fingerprint density at radius 1 is 1.12 bits per heavy atom. The number of fused-ring (bicyclic) bond motifs is 1. The summed E-state index contributed by atoms with van der Waals surface area (Å²) in [5, 5.41) is 3.27. The van der Waals surface area contributed by atoms with Crippen molar-refractivity contribution in [2.75, 3.05) is 11.9 Å². The highest BCUT2D eigenvalue weighted by Gasteiger charge is 2.31. The van der Waals surface area contributed by atoms with Gasteiger partial charge in [0.1, 0.15) is 10.3 Å². The molecule has 1 aliphatic carbocycles. The lowest BCUT2D eigenvalue weighted by molar-refractivity contribution is -0.115. The molecule has 4 rings (SSSR count). The van der Waals surface area contributed by atoms with Gasteiger partial charge in [0.2, 0.25) is 5.91 Å². The summed E-state index contributed by atoms with van der Waals surface area (Å²) in [4.78, 5) is 28.6. The molecular formula is C26H27NO3S2. The van der Waals surface area contributed by atoms with Crippen molar-refractivity contribution in [3.05, 3.63) is 82.2 Å². The van der Waals surface area contributed by atoms with Crippen molar-refractivity contribution in [1.29, 1.82) is 0 Å². The Balaban J connectivity index is 1.66. The van der Waals surface area contributed by atoms with Gasteiger partial charge < -0.3 is 10.1 Å². The van der Waals surface area contributed by atoms with Gasteiger partial charge in [-0.1, -0.05) is 55.5 Å². The number of benzene rings is 2. The molecule has 0 radical (unpaired) electrons. The van der Waals surface area contributed by atoms with Crippen LogP contribution in [0.1, 0.15) is 51.9 Å². The Hall–Kier alpha value is -2.57. The summed E-state index contributed by atoms with van der Waals surface area (Å²) < 4.78 is 5.35. The van der Waals surface area contributed by atoms with Crippen molar-refractivity contribution in [3.8, 4) is 0 Å². The zero-order chi connectivity index (χ0) is 22.5. The van der Waals surface area contributed by atoms with Crippen molar-refractivity contribution in [2.45, 2.75) is 43.3 Å². The molecule has 32 heavy (non-hydrogen) atoms. The number of hydrogen-bond acceptors (Lipinski definition) is 5. The van der Waals surface area contributed by atoms with Gasteiger partial charge in [0.15, 0.2) is 0 Å². The maximum atomic E-state index is 13.5. The normalized spacial score (nSPS) is 16.1. The van der Waals surface area contributed by atoms with Crippen LogP contribution >= 0.6 is 23.1 Å². The first-order valence-corrected chi connectivity index (χ1v) is 12.7. The Morgan fingerprint density at radius 2 is 1.81 bits per heavy atom. The average Bonchev–Trinajstić information content (AvgIpc) is 3.15. The summed E-state index contributed by atoms with van der Waals surface area (Å²) >= 11 is 3.03. The molecule has 0 aliphatic heterocycles. The molecule has 1 amide bonds. The predicted molar refractivity (Wildman–Crippen MR) is 132 cm³/mol. The SMILES string of the molecule is CCOC(=O)c1c(NC(=O)[C@@H](Sc2ccccc2)c2ccccc2)sc2c1CC[C@@H](C)C2. The number of hydrogen-bond donors (Lipinski definition) is 1. The van der Waals surface area contributed by atoms with E-state index in [9.17, 15) is 9.59 Å². The van der Waals surface area contributed by atoms with Crippen molar-refractivity contribution in [3.63, 3.8) is 0 Å². The second kappa shape index (κ2) is 10.4. The Kier molecular flexibility index (Phi) is 7.33. The average molecular weight is 466 g/mol. The van der Waals surface area contributed by atoms with E-state index in [-0.39, 0.29) is 11.9 Å². The predicted octanol–water partition coefficient (Wildman–Crippen LogP) is 6.52. The Labute approximate surface area is 197 Å². The molecule has 6 heteroatoms. The molecule has 1 N–H and O–H groups in total. The first kappa shape index (κ1) is 22.6. The second-order valence-corrected chi connectivity index (χ2v) is 10.3. The number of esters is 1. The number of anilines is 1. The van der Waals surface area contributed by atoms with Crippen LogP contribution in [0.5, 0.6) is 0 Å². The second-order valence-electron chi connectivity index (χ2n) is 7.99. The van der Waals surface area contributed by atoms with Crippen LogP contribution < -0.4 is 5.32 Å². The van der Waals surface area contributed by atoms with Gasteiger partial charge in [-0.05, 0) is 55.4 Å². The van der Waals surface area contributed by atoms with Gasteiger partial charge in [0.25, 0.3) is 0 Å². The van der Waals surface area contributed by atoms with Crippen LogP contribution in [0.25, 0.3) is 0 Å². The van der Waals surface area contributed by atoms with E-state index in [1.807, 2.05) is 60.7 Å². The number of ether oxygens (including phenoxy) is 1. The van der Waals surface area contributed by atoms with Crippen LogP contribution in [0.15, 0.2) is 65.6 Å². The van der Waals surface area contributed by atoms with Crippen molar-refractivity contribution >= 4 is 40.0 Å². The number of thiophene rings is 1. The zero-order valence-corrected chi connectivity index (χ0v) is 19.9. The molecule has 0 unspecified atom stereocenters. The highest BCUT2D eigenvalue weighted by Crippen LogP contribution is 2.42. The monoisotopic (exact) mass is 465 g/mol. The maximum Gasteiger partial charge on any atom is 0.341 e. The molecule has 3 aromatic rings. The van der Waals surface area contributed by atoms with E-state index >= 15 is 0 Å². The van der Waals surface area contributed by atoms with Crippen LogP contribution in [0.4, 0.5) is 5.00 Å². The summed E-state index contributed by atoms with van der Waals surface area (Å²) in [6.07, 6.45) is 2.82. The highest BCUT2D eigenvalue weighted by atomic mass is 32.2. The summed E-state index contributed by atoms with van der Waals surface area (Å²) in [7, 11) is 0. The molecule has 1 aromatic heterocycles. The van der Waals surface area contributed by atoms with Gasteiger partial charge in [-0.2, -0.15) is 0 Å². The fourth-order valence-corrected chi connectivity index (χ4v) is 6.42. The third kappa shape index (κ3) is 5.08. The molecule has 0 spiro atoms. The number of nitrogens with one attached hydrogen (secondary N) is 1. The van der Waals surface area contributed by atoms with Crippen molar-refractivity contribution in [2.24, 2.45) is 5.92 Å². The number of amides is 1. The minimum absolute atomic E-state index is 0.137. The van der Waals surface area contributed by atoms with E-state index < -0.39 is 5.25 Å². The molecular weight excluding hydrogens is 438 g/mol. The summed E-state index contributed by atoms with van der Waals surface area (Å²) in [5.41, 5.74) is 2.52. The molecule has 2 aromatic carbocycles. The van der Waals surface area contributed by atoms with Crippen molar-refractivity contribution < 1.29 is 14.3 Å². The molecule has 0 bridgehead atoms. The molecule has 0 saturated carbocycles. The van der Waals surface area contributed by atoms with E-state index in [0.29, 0.717) is 23.1 Å². The van der Waals surface area contributed by atoms with E-state index in [4.69, 9.17) is 4.74 Å². The van der Waals surface area contributed by atoms with Gasteiger partial charge in [-0.25, -0.2) is 4.79 Å². The fourth-order valence-electron chi connectivity index (χ4n) is 3.97. The van der Waals surface area contributed by atoms with Crippen molar-refractivity contribution in [1.82, 2.24) is 0 Å². The zero-order valence-electron chi connectivity index (χ0n) is 18.3. The maximum absolute atomic E-state index is 13.5. The van der Waals surface area contributed by atoms with E-state index in [0.717, 1.165) is 35.3 Å². The van der Waals surface area contributed by atoms with Gasteiger partial charge >= 0.3 is 5.97 Å². The summed E-state index contributed by atoms with van der Waals surface area (Å²) in [5.74, 6) is 0.0922. The van der Waals surface area contributed by atoms with Crippen LogP contribution in [0.3, 0.4) is 0 Å². The Bertz CT molecular complexity index is 1080. The first-order valence-electron chi connectivity index (χ1n) is 11.0. The van der Waals surface area contributed by atoms with Crippen LogP contribution in [-0.4, -0.2) is 18.5 Å². The fraction of sp³-hybridized carbons (Fsp3) is 0.308. The van der Waals surface area contributed by atoms with E-state index in [1.54, 1.807) is 6.92 Å². The molecule has 0 saturated heterocycles. The largest absolute Gasteiger partial charge is 0.462 e. The number of thioether (sulfide) groups is 1. The van der Waals surface area contributed by atoms with E-state index in [2.05, 4.69) is 12.2 Å². The van der Waals surface area contributed by atoms with Gasteiger partial charge in [0.05, 0.1) is 12.2 Å². The molecule has 4 nitrogen and oxygen atoms in total. The molecule has 1 aliphatic rings. The molecule has 166 valence electrons. The van der Waals surface area contributed by atoms with Crippen LogP contribution in [0, 0.1) is 5.92 Å². The number of carbonyl (C=O) groups is 2. The number of rotatable bonds is 7. The van der Waals surface area contributed by atoms with E-state index in [1.165, 1.54) is 28.0 Å². The van der Waals surface area contributed by atoms with Crippen LogP contribution in [0.2, 0.25) is 0 Å². The quantitative estimate of drug-likeness (QED) is 0.319. The molecule has 2 atom stereocenters. The molecule has 1 heterocycles. The lowest BCUT2D eigenvalue weighted by Gasteiger charge is -2.18. The first-order chi connectivity index (χ1) is 15.6. The topological polar surface area (TPSA) is 55.4 Å². The summed E-state index contributed by atoms with van der Waals surface area (Å²) in [6, 6.07) is 19.7. The van der Waals surface area contributed by atoms with Gasteiger partial charge in [-0.15, -0.1) is 23.1 Å². The third-order valence-corrected chi connectivity index (χ3v) is 8.00. The minimum atomic E-state index is -0.438. The van der Waals surface area contributed by atoms with Crippen LogP contribution in [-0.2, 0) is 22.4 Å². The third-order valence-electron chi connectivity index (χ3n) is 5.57. The van der Waals surface area contributed by atoms with Gasteiger partial charge in [-0.3, -0.25) is 4.79 Å². The lowest BCUT2D eigenvalue weighted by atomic mass is 9.88. The van der Waals surface area contributed by atoms with Gasteiger partial charge in [0, 0.05) is 9.77 Å². The Morgan fingerprint density at radius 3 is 2.50 bits per heavy atom. The summed E-state index contributed by atoms with van der Waals surface area (Å²) in [6.45, 7) is 4.34. The molecule has 0 fully saturated rings. The smallest absolute Gasteiger partial charge is 0.341 e. The highest BCUT2D eigenvalue weighted by molar-refractivity contribution is 8.00. The number of carbonyl (C=O) groups excluding carboxylic acids is 2.